The van der Waals surface area contributed by atoms with E-state index in [1.165, 1.54) is 22.7 Å². The van der Waals surface area contributed by atoms with Crippen molar-refractivity contribution in [3.63, 3.8) is 0 Å². The Labute approximate surface area is 306 Å². The lowest BCUT2D eigenvalue weighted by atomic mass is 9.79. The van der Waals surface area contributed by atoms with Crippen molar-refractivity contribution in [1.82, 2.24) is 25.6 Å². The molecule has 1 amide bonds. The molecule has 2 heterocycles. The molecule has 1 fully saturated rings. The summed E-state index contributed by atoms with van der Waals surface area (Å²) in [4.78, 5) is 21.9. The second-order valence-corrected chi connectivity index (χ2v) is 12.9. The summed E-state index contributed by atoms with van der Waals surface area (Å²) in [6.07, 6.45) is 3.78. The second-order valence-electron chi connectivity index (χ2n) is 12.0. The molecule has 3 aromatic rings. The monoisotopic (exact) mass is 812 g/mol. The number of aliphatic hydroxyl groups is 1. The van der Waals surface area contributed by atoms with Gasteiger partial charge in [0.15, 0.2) is 6.10 Å². The standard InChI is InChI=1S/C33H37F2N7O3S.ClH.HI/c1-20(30-39-27(17-46-30)23-10-8-22(16-36)9-11-23)33(44,25-15-24(34)12-13-26(25)35)18-42-19-38-29(41-42)21(2)45-31(43)40-32(3)14-6-5-7-28(32)37-4;;/h8-13,15,17,19-21,28,37,44H,5-7,14,18H2,1-4H3,(H,40,43);2*1H/q+1;;/p-1/t20-,21?,28?,32?,33+;;/m0../s1. The smallest absolute Gasteiger partial charge is 0.408 e. The molecule has 1 aromatic heterocycles. The lowest BCUT2D eigenvalue weighted by Crippen LogP contribution is -3.00. The van der Waals surface area contributed by atoms with Gasteiger partial charge in [0, 0.05) is 33.6 Å². The predicted octanol–water partition coefficient (Wildman–Crippen LogP) is 2.41. The number of nitrogens with zero attached hydrogens (tertiary/aromatic N) is 5. The van der Waals surface area contributed by atoms with Gasteiger partial charge in [0.2, 0.25) is 0 Å². The number of alkyl carbamates (subject to hydrolysis) is 1. The molecule has 257 valence electrons. The Balaban J connectivity index is 0.00000312. The maximum absolute atomic E-state index is 15.3. The van der Waals surface area contributed by atoms with E-state index in [2.05, 4.69) is 26.8 Å². The third-order valence-corrected chi connectivity index (χ3v) is 9.89. The molecular weight excluding hydrogens is 775 g/mol. The normalized spacial score (nSPS) is 21.1. The Morgan fingerprint density at radius 1 is 1.27 bits per heavy atom. The molecule has 2 aromatic carbocycles. The van der Waals surface area contributed by atoms with E-state index < -0.39 is 40.9 Å². The highest BCUT2D eigenvalue weighted by Crippen LogP contribution is 2.41. The molecule has 48 heavy (non-hydrogen) atoms. The zero-order valence-electron chi connectivity index (χ0n) is 26.9. The summed E-state index contributed by atoms with van der Waals surface area (Å²) in [7, 11) is 1.88. The number of amides is 1. The number of carbonyl (C=O) groups excluding carboxylic acids is 1. The number of aliphatic imine (C=N–C) groups is 1. The second kappa shape index (κ2) is 16.4. The van der Waals surface area contributed by atoms with Crippen LogP contribution in [0.25, 0.3) is 11.3 Å². The fourth-order valence-corrected chi connectivity index (χ4v) is 7.04. The van der Waals surface area contributed by atoms with Crippen molar-refractivity contribution in [3.8, 4) is 17.3 Å². The molecule has 1 saturated carbocycles. The molecule has 5 atom stereocenters. The summed E-state index contributed by atoms with van der Waals surface area (Å²) < 4.78 is 35.3. The lowest BCUT2D eigenvalue weighted by molar-refractivity contribution is -0.00832. The van der Waals surface area contributed by atoms with Gasteiger partial charge < -0.3 is 44.5 Å². The van der Waals surface area contributed by atoms with Crippen LogP contribution in [0.2, 0.25) is 0 Å². The highest BCUT2D eigenvalue weighted by Gasteiger charge is 2.46. The van der Waals surface area contributed by atoms with E-state index in [1.54, 1.807) is 43.5 Å². The van der Waals surface area contributed by atoms with Gasteiger partial charge in [-0.05, 0) is 64.1 Å². The molecule has 1 radical (unpaired) electrons. The molecule has 2 aliphatic rings. The summed E-state index contributed by atoms with van der Waals surface area (Å²) in [5.74, 6) is -2.13. The van der Waals surface area contributed by atoms with Crippen LogP contribution in [0, 0.1) is 23.0 Å². The average molecular weight is 813 g/mol. The van der Waals surface area contributed by atoms with Crippen molar-refractivity contribution in [2.24, 2.45) is 5.10 Å². The van der Waals surface area contributed by atoms with E-state index >= 15 is 4.39 Å². The number of thiazole rings is 1. The number of rotatable bonds is 10. The number of aromatic nitrogens is 1. The molecule has 3 unspecified atom stereocenters. The van der Waals surface area contributed by atoms with E-state index in [4.69, 9.17) is 15.0 Å². The minimum atomic E-state index is -2.00. The Bertz CT molecular complexity index is 1690. The third-order valence-electron chi connectivity index (χ3n) is 8.86. The third kappa shape index (κ3) is 8.49. The SMILES string of the molecule is CNC1CCCCC1(C)NC(=O)OC(C)C1=NN(C[C@](O)(c2cc(F)ccc2F)[C@@H](C)c2nc(-c3ccc(C#N)cc3)cs2)C=[N+]1.Cl.[I-]. The molecule has 0 saturated heterocycles. The number of hydrazone groups is 1. The lowest BCUT2D eigenvalue weighted by Gasteiger charge is -2.41. The zero-order chi connectivity index (χ0) is 33.1. The first-order chi connectivity index (χ1) is 22.0. The Hall–Kier alpha value is -3.23. The van der Waals surface area contributed by atoms with Crippen LogP contribution in [0.15, 0.2) is 52.9 Å². The van der Waals surface area contributed by atoms with Crippen LogP contribution in [0.5, 0.6) is 0 Å². The van der Waals surface area contributed by atoms with Gasteiger partial charge in [-0.2, -0.15) is 5.26 Å². The quantitative estimate of drug-likeness (QED) is 0.268. The van der Waals surface area contributed by atoms with Crippen LogP contribution in [-0.2, 0) is 10.3 Å². The maximum atomic E-state index is 15.3. The van der Waals surface area contributed by atoms with Crippen LogP contribution in [0.4, 0.5) is 13.6 Å². The summed E-state index contributed by atoms with van der Waals surface area (Å²) in [6, 6.07) is 12.0. The number of nitriles is 1. The van der Waals surface area contributed by atoms with Gasteiger partial charge in [-0.3, -0.25) is 0 Å². The first-order valence-electron chi connectivity index (χ1n) is 15.1. The van der Waals surface area contributed by atoms with E-state index in [9.17, 15) is 14.3 Å². The number of hydrogen-bond acceptors (Lipinski definition) is 10. The van der Waals surface area contributed by atoms with Crippen molar-refractivity contribution >= 4 is 42.0 Å². The molecule has 3 N–H and O–H groups in total. The molecule has 15 heteroatoms. The van der Waals surface area contributed by atoms with E-state index in [1.807, 2.05) is 14.0 Å². The Kier molecular flexibility index (Phi) is 13.4. The van der Waals surface area contributed by atoms with Crippen molar-refractivity contribution in [2.75, 3.05) is 13.6 Å². The van der Waals surface area contributed by atoms with Gasteiger partial charge in [-0.1, -0.05) is 36.9 Å². The highest BCUT2D eigenvalue weighted by molar-refractivity contribution is 7.10. The van der Waals surface area contributed by atoms with Gasteiger partial charge >= 0.3 is 11.9 Å². The number of ether oxygens (including phenoxy) is 1. The van der Waals surface area contributed by atoms with Crippen molar-refractivity contribution in [2.45, 2.75) is 75.7 Å². The van der Waals surface area contributed by atoms with E-state index in [0.717, 1.165) is 49.4 Å². The number of β-amino-alcohol motifs (C(OH)–C–C–N with tert-alkyl or cyclic N) is 1. The largest absolute Gasteiger partial charge is 1.00 e. The fourth-order valence-electron chi connectivity index (χ4n) is 6.06. The number of hydrogen-bond donors (Lipinski definition) is 3. The van der Waals surface area contributed by atoms with Crippen LogP contribution in [0.3, 0.4) is 0 Å². The Morgan fingerprint density at radius 3 is 2.69 bits per heavy atom. The van der Waals surface area contributed by atoms with Crippen molar-refractivity contribution < 1.29 is 47.4 Å². The van der Waals surface area contributed by atoms with Gasteiger partial charge in [0.25, 0.3) is 6.34 Å². The highest BCUT2D eigenvalue weighted by atomic mass is 127. The summed E-state index contributed by atoms with van der Waals surface area (Å²) >= 11 is 1.27. The molecule has 1 aliphatic carbocycles. The minimum absolute atomic E-state index is 0. The molecule has 0 bridgehead atoms. The number of nitrogens with one attached hydrogen (secondary N) is 2. The average Bonchev–Trinajstić information content (AvgIpc) is 3.72. The fraction of sp³-hybridized carbons (Fsp3) is 0.424. The van der Waals surface area contributed by atoms with Crippen LogP contribution >= 0.6 is 23.7 Å². The molecule has 5 rings (SSSR count). The minimum Gasteiger partial charge on any atom is -1.00 e. The van der Waals surface area contributed by atoms with Gasteiger partial charge in [0.05, 0.1) is 27.9 Å². The number of benzene rings is 2. The first kappa shape index (κ1) is 39.2. The number of halogens is 4. The van der Waals surface area contributed by atoms with Crippen LogP contribution in [0.1, 0.15) is 68.5 Å². The first-order valence-corrected chi connectivity index (χ1v) is 16.0. The Morgan fingerprint density at radius 2 is 2.00 bits per heavy atom. The number of amidine groups is 1. The number of carbonyl (C=O) groups is 1. The van der Waals surface area contributed by atoms with Crippen LogP contribution < -0.4 is 39.6 Å². The summed E-state index contributed by atoms with van der Waals surface area (Å²) in [5, 5.41) is 35.6. The van der Waals surface area contributed by atoms with E-state index in [0.29, 0.717) is 16.3 Å². The maximum Gasteiger partial charge on any atom is 0.408 e. The zero-order valence-corrected chi connectivity index (χ0v) is 30.7. The molecular formula is C33H38ClF2IN7O3S. The molecule has 1 aliphatic heterocycles. The summed E-state index contributed by atoms with van der Waals surface area (Å²) in [6.45, 7) is 5.02. The summed E-state index contributed by atoms with van der Waals surface area (Å²) in [5.41, 5.74) is -0.821. The van der Waals surface area contributed by atoms with Gasteiger partial charge in [-0.15, -0.1) is 28.8 Å². The van der Waals surface area contributed by atoms with Crippen LogP contribution in [-0.4, -0.2) is 64.6 Å². The van der Waals surface area contributed by atoms with Crippen molar-refractivity contribution in [1.29, 1.82) is 5.26 Å². The number of likely N-dealkylation sites (N-methyl/N-ethyl adjacent to an activating group) is 1. The molecule has 10 nitrogen and oxygen atoms in total. The topological polar surface area (TPSA) is 137 Å². The molecule has 0 spiro atoms. The van der Waals surface area contributed by atoms with Gasteiger partial charge in [-0.25, -0.2) is 18.6 Å². The van der Waals surface area contributed by atoms with Crippen molar-refractivity contribution in [3.05, 3.63) is 75.6 Å². The van der Waals surface area contributed by atoms with Gasteiger partial charge in [0.1, 0.15) is 23.8 Å². The predicted molar refractivity (Wildman–Crippen MR) is 179 cm³/mol. The van der Waals surface area contributed by atoms with E-state index in [-0.39, 0.29) is 60.4 Å².